The Morgan fingerprint density at radius 2 is 2.00 bits per heavy atom. The number of sulfonamides is 1. The first-order valence-corrected chi connectivity index (χ1v) is 8.21. The number of amides is 1. The van der Waals surface area contributed by atoms with E-state index in [4.69, 9.17) is 5.26 Å². The summed E-state index contributed by atoms with van der Waals surface area (Å²) in [5.74, 6) is -0.590. The molecule has 1 aliphatic carbocycles. The van der Waals surface area contributed by atoms with Crippen molar-refractivity contribution < 1.29 is 13.2 Å². The molecule has 0 radical (unpaired) electrons. The van der Waals surface area contributed by atoms with Crippen LogP contribution >= 0.6 is 0 Å². The van der Waals surface area contributed by atoms with Crippen LogP contribution in [0.25, 0.3) is 0 Å². The lowest BCUT2D eigenvalue weighted by Gasteiger charge is -2.08. The van der Waals surface area contributed by atoms with E-state index in [9.17, 15) is 13.2 Å². The van der Waals surface area contributed by atoms with Gasteiger partial charge in [0.05, 0.1) is 16.9 Å². The van der Waals surface area contributed by atoms with Crippen LogP contribution < -0.4 is 10.0 Å². The minimum absolute atomic E-state index is 0.0467. The predicted octanol–water partition coefficient (Wildman–Crippen LogP) is 1.02. The Morgan fingerprint density at radius 1 is 1.38 bits per heavy atom. The number of carbonyl (C=O) groups is 1. The Balaban J connectivity index is 2.01. The second-order valence-electron chi connectivity index (χ2n) is 5.16. The standard InChI is InChI=1S/C14H17N3O3S/c1-10(8-15)9-16-14(18)11-2-6-13(7-3-11)21(19,20)17-12-4-5-12/h2-3,6-7,10,12,17H,4-5,9H2,1H3,(H,16,18). The van der Waals surface area contributed by atoms with Crippen LogP contribution in [0.5, 0.6) is 0 Å². The quantitative estimate of drug-likeness (QED) is 0.819. The normalized spacial score (nSPS) is 16.0. The molecule has 0 saturated heterocycles. The first-order valence-electron chi connectivity index (χ1n) is 6.72. The number of nitriles is 1. The molecule has 2 rings (SSSR count). The van der Waals surface area contributed by atoms with E-state index in [2.05, 4.69) is 10.0 Å². The maximum absolute atomic E-state index is 12.0. The van der Waals surface area contributed by atoms with Gasteiger partial charge in [-0.25, -0.2) is 13.1 Å². The van der Waals surface area contributed by atoms with Crippen molar-refractivity contribution in [3.05, 3.63) is 29.8 Å². The average molecular weight is 307 g/mol. The first kappa shape index (κ1) is 15.5. The third kappa shape index (κ3) is 4.28. The molecule has 0 spiro atoms. The van der Waals surface area contributed by atoms with Gasteiger partial charge in [0.1, 0.15) is 0 Å². The second-order valence-corrected chi connectivity index (χ2v) is 6.87. The molecule has 112 valence electrons. The smallest absolute Gasteiger partial charge is 0.251 e. The lowest BCUT2D eigenvalue weighted by Crippen LogP contribution is -2.28. The van der Waals surface area contributed by atoms with Gasteiger partial charge in [-0.15, -0.1) is 0 Å². The number of hydrogen-bond donors (Lipinski definition) is 2. The van der Waals surface area contributed by atoms with E-state index in [1.165, 1.54) is 24.3 Å². The summed E-state index contributed by atoms with van der Waals surface area (Å²) in [5, 5.41) is 11.3. The van der Waals surface area contributed by atoms with Gasteiger partial charge in [-0.05, 0) is 44.0 Å². The van der Waals surface area contributed by atoms with Gasteiger partial charge in [0.2, 0.25) is 10.0 Å². The van der Waals surface area contributed by atoms with E-state index >= 15 is 0 Å². The minimum atomic E-state index is -3.49. The van der Waals surface area contributed by atoms with Crippen molar-refractivity contribution in [2.24, 2.45) is 5.92 Å². The van der Waals surface area contributed by atoms with E-state index in [1.807, 2.05) is 6.07 Å². The molecule has 1 saturated carbocycles. The molecule has 1 aliphatic rings. The van der Waals surface area contributed by atoms with E-state index < -0.39 is 10.0 Å². The van der Waals surface area contributed by atoms with Crippen LogP contribution in [0.15, 0.2) is 29.2 Å². The van der Waals surface area contributed by atoms with Gasteiger partial charge in [-0.2, -0.15) is 5.26 Å². The van der Waals surface area contributed by atoms with Crippen molar-refractivity contribution in [3.8, 4) is 6.07 Å². The lowest BCUT2D eigenvalue weighted by molar-refractivity contribution is 0.0950. The number of nitrogens with one attached hydrogen (secondary N) is 2. The Kier molecular flexibility index (Phi) is 4.60. The number of carbonyl (C=O) groups excluding carboxylic acids is 1. The third-order valence-electron chi connectivity index (χ3n) is 3.12. The highest BCUT2D eigenvalue weighted by Gasteiger charge is 2.27. The zero-order valence-corrected chi connectivity index (χ0v) is 12.5. The largest absolute Gasteiger partial charge is 0.351 e. The van der Waals surface area contributed by atoms with E-state index in [0.29, 0.717) is 5.56 Å². The first-order chi connectivity index (χ1) is 9.92. The van der Waals surface area contributed by atoms with E-state index in [-0.39, 0.29) is 29.3 Å². The van der Waals surface area contributed by atoms with Crippen molar-refractivity contribution in [1.82, 2.24) is 10.0 Å². The van der Waals surface area contributed by atoms with Crippen LogP contribution in [0.2, 0.25) is 0 Å². The highest BCUT2D eigenvalue weighted by molar-refractivity contribution is 7.89. The maximum atomic E-state index is 12.0. The highest BCUT2D eigenvalue weighted by Crippen LogP contribution is 2.22. The Hall–Kier alpha value is -1.91. The average Bonchev–Trinajstić information content (AvgIpc) is 3.27. The van der Waals surface area contributed by atoms with Crippen LogP contribution in [-0.2, 0) is 10.0 Å². The maximum Gasteiger partial charge on any atom is 0.251 e. The number of rotatable bonds is 6. The van der Waals surface area contributed by atoms with Crippen molar-refractivity contribution in [2.45, 2.75) is 30.7 Å². The molecule has 0 bridgehead atoms. The van der Waals surface area contributed by atoms with Crippen LogP contribution in [0.4, 0.5) is 0 Å². The summed E-state index contributed by atoms with van der Waals surface area (Å²) in [7, 11) is -3.49. The molecule has 1 aromatic rings. The molecule has 1 atom stereocenters. The van der Waals surface area contributed by atoms with Crippen LogP contribution in [-0.4, -0.2) is 26.9 Å². The van der Waals surface area contributed by atoms with E-state index in [1.54, 1.807) is 6.92 Å². The zero-order chi connectivity index (χ0) is 15.5. The fourth-order valence-corrected chi connectivity index (χ4v) is 2.97. The Morgan fingerprint density at radius 3 is 2.52 bits per heavy atom. The van der Waals surface area contributed by atoms with Crippen LogP contribution in [0.3, 0.4) is 0 Å². The lowest BCUT2D eigenvalue weighted by atomic mass is 10.2. The molecular formula is C14H17N3O3S. The second kappa shape index (κ2) is 6.24. The summed E-state index contributed by atoms with van der Waals surface area (Å²) in [6, 6.07) is 7.82. The van der Waals surface area contributed by atoms with Gasteiger partial charge in [0.25, 0.3) is 5.91 Å². The van der Waals surface area contributed by atoms with Gasteiger partial charge in [-0.1, -0.05) is 0 Å². The van der Waals surface area contributed by atoms with Crippen molar-refractivity contribution in [3.63, 3.8) is 0 Å². The highest BCUT2D eigenvalue weighted by atomic mass is 32.2. The van der Waals surface area contributed by atoms with Crippen LogP contribution in [0, 0.1) is 17.2 Å². The Bertz CT molecular complexity index is 658. The summed E-state index contributed by atoms with van der Waals surface area (Å²) >= 11 is 0. The summed E-state index contributed by atoms with van der Waals surface area (Å²) in [6.45, 7) is 1.97. The van der Waals surface area contributed by atoms with Gasteiger partial charge in [0.15, 0.2) is 0 Å². The summed E-state index contributed by atoms with van der Waals surface area (Å²) in [6.07, 6.45) is 1.74. The fraction of sp³-hybridized carbons (Fsp3) is 0.429. The molecule has 21 heavy (non-hydrogen) atoms. The summed E-state index contributed by atoms with van der Waals surface area (Å²) in [5.41, 5.74) is 0.366. The third-order valence-corrected chi connectivity index (χ3v) is 4.65. The van der Waals surface area contributed by atoms with Crippen LogP contribution in [0.1, 0.15) is 30.1 Å². The van der Waals surface area contributed by atoms with E-state index in [0.717, 1.165) is 12.8 Å². The van der Waals surface area contributed by atoms with Gasteiger partial charge >= 0.3 is 0 Å². The SMILES string of the molecule is CC(C#N)CNC(=O)c1ccc(S(=O)(=O)NC2CC2)cc1. The number of benzene rings is 1. The number of hydrogen-bond acceptors (Lipinski definition) is 4. The molecule has 6 nitrogen and oxygen atoms in total. The van der Waals surface area contributed by atoms with Crippen molar-refractivity contribution in [2.75, 3.05) is 6.54 Å². The fourth-order valence-electron chi connectivity index (χ4n) is 1.67. The molecule has 1 aromatic carbocycles. The Labute approximate surface area is 124 Å². The molecule has 2 N–H and O–H groups in total. The minimum Gasteiger partial charge on any atom is -0.351 e. The van der Waals surface area contributed by atoms with Crippen molar-refractivity contribution >= 4 is 15.9 Å². The molecule has 7 heteroatoms. The zero-order valence-electron chi connectivity index (χ0n) is 11.7. The molecule has 0 aromatic heterocycles. The molecule has 0 heterocycles. The van der Waals surface area contributed by atoms with Gasteiger partial charge in [0, 0.05) is 18.2 Å². The summed E-state index contributed by atoms with van der Waals surface area (Å²) < 4.78 is 26.5. The molecule has 1 amide bonds. The predicted molar refractivity (Wildman–Crippen MR) is 76.9 cm³/mol. The summed E-state index contributed by atoms with van der Waals surface area (Å²) in [4.78, 5) is 12.0. The molecule has 1 unspecified atom stereocenters. The molecule has 1 fully saturated rings. The molecule has 0 aliphatic heterocycles. The molecular weight excluding hydrogens is 290 g/mol. The van der Waals surface area contributed by atoms with Gasteiger partial charge in [-0.3, -0.25) is 4.79 Å². The van der Waals surface area contributed by atoms with Gasteiger partial charge < -0.3 is 5.32 Å². The number of nitrogens with zero attached hydrogens (tertiary/aromatic N) is 1. The van der Waals surface area contributed by atoms with Crippen molar-refractivity contribution in [1.29, 1.82) is 5.26 Å². The topological polar surface area (TPSA) is 99.1 Å². The monoisotopic (exact) mass is 307 g/mol.